The minimum absolute atomic E-state index is 0.355. The van der Waals surface area contributed by atoms with Crippen molar-refractivity contribution in [2.24, 2.45) is 42.5 Å². The molecule has 0 aromatic carbocycles. The maximum atomic E-state index is 5.91. The van der Waals surface area contributed by atoms with Crippen LogP contribution in [0.4, 0.5) is 0 Å². The molecule has 4 fully saturated rings. The molecule has 1 aromatic rings. The molecule has 0 aliphatic heterocycles. The van der Waals surface area contributed by atoms with E-state index in [4.69, 9.17) is 5.84 Å². The Kier molecular flexibility index (Phi) is 3.07. The Balaban J connectivity index is 1.54. The smallest absolute Gasteiger partial charge is 0.138 e. The van der Waals surface area contributed by atoms with Crippen LogP contribution in [-0.2, 0) is 13.5 Å². The minimum Gasteiger partial charge on any atom is -0.271 e. The van der Waals surface area contributed by atoms with Crippen molar-refractivity contribution in [3.8, 4) is 0 Å². The molecule has 5 heteroatoms. The lowest BCUT2D eigenvalue weighted by Crippen LogP contribution is -2.55. The summed E-state index contributed by atoms with van der Waals surface area (Å²) in [5.74, 6) is 11.5. The van der Waals surface area contributed by atoms with Gasteiger partial charge in [0.15, 0.2) is 0 Å². The van der Waals surface area contributed by atoms with Crippen LogP contribution in [0, 0.1) is 29.6 Å². The Morgan fingerprint density at radius 3 is 2.40 bits per heavy atom. The third-order valence-corrected chi connectivity index (χ3v) is 6.19. The van der Waals surface area contributed by atoms with Crippen LogP contribution in [0.3, 0.4) is 0 Å². The van der Waals surface area contributed by atoms with Gasteiger partial charge < -0.3 is 0 Å². The maximum absolute atomic E-state index is 5.91. The zero-order valence-electron chi connectivity index (χ0n) is 12.2. The minimum atomic E-state index is 0.355. The van der Waals surface area contributed by atoms with Crippen LogP contribution in [0.5, 0.6) is 0 Å². The number of nitrogens with one attached hydrogen (secondary N) is 1. The third-order valence-electron chi connectivity index (χ3n) is 6.19. The van der Waals surface area contributed by atoms with Crippen LogP contribution >= 0.6 is 0 Å². The number of rotatable bonds is 4. The molecule has 20 heavy (non-hydrogen) atoms. The Hall–Kier alpha value is -0.940. The zero-order valence-corrected chi connectivity index (χ0v) is 12.2. The second-order valence-electron chi connectivity index (χ2n) is 7.29. The summed E-state index contributed by atoms with van der Waals surface area (Å²) in [5.41, 5.74) is 3.11. The molecule has 1 unspecified atom stereocenters. The van der Waals surface area contributed by atoms with E-state index in [2.05, 4.69) is 15.5 Å². The molecular weight excluding hydrogens is 250 g/mol. The Morgan fingerprint density at radius 1 is 1.25 bits per heavy atom. The number of hydrazine groups is 1. The van der Waals surface area contributed by atoms with E-state index in [-0.39, 0.29) is 0 Å². The predicted molar refractivity (Wildman–Crippen MR) is 76.4 cm³/mol. The second-order valence-corrected chi connectivity index (χ2v) is 7.29. The largest absolute Gasteiger partial charge is 0.271 e. The van der Waals surface area contributed by atoms with E-state index < -0.39 is 0 Å². The van der Waals surface area contributed by atoms with Crippen molar-refractivity contribution in [3.05, 3.63) is 12.2 Å². The fourth-order valence-corrected chi connectivity index (χ4v) is 5.63. The summed E-state index contributed by atoms with van der Waals surface area (Å²) < 4.78 is 1.88. The molecule has 0 saturated heterocycles. The molecule has 4 saturated carbocycles. The molecule has 4 bridgehead atoms. The van der Waals surface area contributed by atoms with Crippen molar-refractivity contribution in [1.29, 1.82) is 0 Å². The van der Waals surface area contributed by atoms with E-state index >= 15 is 0 Å². The van der Waals surface area contributed by atoms with Crippen LogP contribution in [-0.4, -0.2) is 20.8 Å². The number of aromatic nitrogens is 3. The van der Waals surface area contributed by atoms with E-state index in [1.807, 2.05) is 11.7 Å². The molecular formula is C15H25N5. The van der Waals surface area contributed by atoms with Crippen LogP contribution in [0.15, 0.2) is 6.33 Å². The first-order valence-electron chi connectivity index (χ1n) is 8.03. The molecule has 0 spiro atoms. The van der Waals surface area contributed by atoms with E-state index in [0.29, 0.717) is 6.04 Å². The van der Waals surface area contributed by atoms with Crippen LogP contribution in [0.2, 0.25) is 0 Å². The molecule has 110 valence electrons. The fraction of sp³-hybridized carbons (Fsp3) is 0.867. The maximum Gasteiger partial charge on any atom is 0.138 e. The normalized spacial score (nSPS) is 40.2. The standard InChI is InChI=1S/C15H25N5/c1-20-14(17-8-18-20)7-13(19-16)15-11-3-9-2-10(5-11)6-12(15)4-9/h8-13,15,19H,2-7,16H2,1H3. The van der Waals surface area contributed by atoms with Crippen molar-refractivity contribution in [2.75, 3.05) is 0 Å². The van der Waals surface area contributed by atoms with Gasteiger partial charge in [-0.25, -0.2) is 4.98 Å². The topological polar surface area (TPSA) is 68.8 Å². The van der Waals surface area contributed by atoms with Crippen molar-refractivity contribution >= 4 is 0 Å². The molecule has 5 rings (SSSR count). The number of nitrogens with two attached hydrogens (primary N) is 1. The number of hydrogen-bond acceptors (Lipinski definition) is 4. The van der Waals surface area contributed by atoms with Gasteiger partial charge in [0.2, 0.25) is 0 Å². The monoisotopic (exact) mass is 275 g/mol. The lowest BCUT2D eigenvalue weighted by molar-refractivity contribution is -0.0520. The van der Waals surface area contributed by atoms with Gasteiger partial charge >= 0.3 is 0 Å². The fourth-order valence-electron chi connectivity index (χ4n) is 5.63. The quantitative estimate of drug-likeness (QED) is 0.641. The van der Waals surface area contributed by atoms with Crippen LogP contribution in [0.25, 0.3) is 0 Å². The molecule has 3 N–H and O–H groups in total. The van der Waals surface area contributed by atoms with E-state index in [1.165, 1.54) is 32.1 Å². The highest BCUT2D eigenvalue weighted by Gasteiger charge is 2.50. The number of aryl methyl sites for hydroxylation is 1. The molecule has 1 aromatic heterocycles. The molecule has 4 aliphatic carbocycles. The van der Waals surface area contributed by atoms with Gasteiger partial charge in [0.05, 0.1) is 0 Å². The molecule has 0 amide bonds. The zero-order chi connectivity index (χ0) is 13.7. The van der Waals surface area contributed by atoms with Crippen molar-refractivity contribution in [3.63, 3.8) is 0 Å². The highest BCUT2D eigenvalue weighted by molar-refractivity contribution is 5.03. The highest BCUT2D eigenvalue weighted by atomic mass is 15.3. The SMILES string of the molecule is Cn1ncnc1CC(NN)C1C2CC3CC(C2)CC1C3. The van der Waals surface area contributed by atoms with Crippen molar-refractivity contribution in [1.82, 2.24) is 20.2 Å². The summed E-state index contributed by atoms with van der Waals surface area (Å²) in [4.78, 5) is 4.37. The number of hydrogen-bond donors (Lipinski definition) is 2. The Labute approximate surface area is 120 Å². The predicted octanol–water partition coefficient (Wildman–Crippen LogP) is 1.26. The Morgan fingerprint density at radius 2 is 1.90 bits per heavy atom. The van der Waals surface area contributed by atoms with E-state index in [1.54, 1.807) is 6.33 Å². The average Bonchev–Trinajstić information content (AvgIpc) is 2.81. The first kappa shape index (κ1) is 12.8. The number of nitrogens with zero attached hydrogens (tertiary/aromatic N) is 3. The van der Waals surface area contributed by atoms with Gasteiger partial charge in [0.25, 0.3) is 0 Å². The summed E-state index contributed by atoms with van der Waals surface area (Å²) >= 11 is 0. The molecule has 4 aliphatic rings. The summed E-state index contributed by atoms with van der Waals surface area (Å²) in [5, 5.41) is 4.18. The average molecular weight is 275 g/mol. The van der Waals surface area contributed by atoms with Gasteiger partial charge in [-0.1, -0.05) is 0 Å². The molecule has 5 nitrogen and oxygen atoms in total. The first-order chi connectivity index (χ1) is 9.74. The summed E-state index contributed by atoms with van der Waals surface area (Å²) in [6.45, 7) is 0. The van der Waals surface area contributed by atoms with Crippen LogP contribution < -0.4 is 11.3 Å². The van der Waals surface area contributed by atoms with E-state index in [9.17, 15) is 0 Å². The summed E-state index contributed by atoms with van der Waals surface area (Å²) in [6, 6.07) is 0.355. The summed E-state index contributed by atoms with van der Waals surface area (Å²) in [6.07, 6.45) is 9.80. The molecule has 0 radical (unpaired) electrons. The van der Waals surface area contributed by atoms with Crippen molar-refractivity contribution < 1.29 is 0 Å². The Bertz CT molecular complexity index is 454. The van der Waals surface area contributed by atoms with E-state index in [0.717, 1.165) is 41.8 Å². The van der Waals surface area contributed by atoms with Gasteiger partial charge in [-0.2, -0.15) is 5.10 Å². The van der Waals surface area contributed by atoms with Crippen LogP contribution in [0.1, 0.15) is 37.9 Å². The van der Waals surface area contributed by atoms with Gasteiger partial charge in [-0.3, -0.25) is 16.0 Å². The van der Waals surface area contributed by atoms with Gasteiger partial charge in [-0.05, 0) is 61.7 Å². The van der Waals surface area contributed by atoms with Gasteiger partial charge in [-0.15, -0.1) is 0 Å². The third kappa shape index (κ3) is 1.99. The lowest BCUT2D eigenvalue weighted by atomic mass is 9.50. The summed E-state index contributed by atoms with van der Waals surface area (Å²) in [7, 11) is 1.97. The molecule has 1 atom stereocenters. The van der Waals surface area contributed by atoms with Gasteiger partial charge in [0.1, 0.15) is 12.2 Å². The first-order valence-corrected chi connectivity index (χ1v) is 8.03. The lowest BCUT2D eigenvalue weighted by Gasteiger charge is -2.56. The van der Waals surface area contributed by atoms with Crippen molar-refractivity contribution in [2.45, 2.75) is 44.6 Å². The second kappa shape index (κ2) is 4.81. The molecule has 1 heterocycles. The highest BCUT2D eigenvalue weighted by Crippen LogP contribution is 2.57. The van der Waals surface area contributed by atoms with Gasteiger partial charge in [0, 0.05) is 19.5 Å².